The second kappa shape index (κ2) is 6.88. The molecule has 0 aromatic heterocycles. The van der Waals surface area contributed by atoms with Crippen LogP contribution in [-0.4, -0.2) is 43.0 Å². The van der Waals surface area contributed by atoms with Crippen molar-refractivity contribution in [3.63, 3.8) is 0 Å². The lowest BCUT2D eigenvalue weighted by atomic mass is 10.00. The lowest BCUT2D eigenvalue weighted by Crippen LogP contribution is -2.32. The van der Waals surface area contributed by atoms with Gasteiger partial charge in [-0.2, -0.15) is 13.2 Å². The molecule has 0 radical (unpaired) electrons. The summed E-state index contributed by atoms with van der Waals surface area (Å²) in [4.78, 5) is 6.84. The predicted molar refractivity (Wildman–Crippen MR) is 97.9 cm³/mol. The quantitative estimate of drug-likeness (QED) is 0.829. The number of aliphatic imine (C=N–C) groups is 1. The van der Waals surface area contributed by atoms with Gasteiger partial charge in [0.05, 0.1) is 17.7 Å². The van der Waals surface area contributed by atoms with E-state index in [1.807, 2.05) is 18.2 Å². The number of benzene rings is 2. The minimum atomic E-state index is -4.34. The highest BCUT2D eigenvalue weighted by Crippen LogP contribution is 2.33. The molecule has 1 atom stereocenters. The van der Waals surface area contributed by atoms with E-state index < -0.39 is 11.7 Å². The Balaban J connectivity index is 1.70. The van der Waals surface area contributed by atoms with Crippen molar-refractivity contribution in [1.29, 1.82) is 0 Å². The van der Waals surface area contributed by atoms with Crippen molar-refractivity contribution in [2.45, 2.75) is 18.6 Å². The molecule has 4 rings (SSSR count). The molecule has 27 heavy (non-hydrogen) atoms. The maximum atomic E-state index is 12.8. The van der Waals surface area contributed by atoms with Crippen LogP contribution in [0.5, 0.6) is 5.75 Å². The molecule has 2 aliphatic heterocycles. The van der Waals surface area contributed by atoms with Gasteiger partial charge in [0.1, 0.15) is 18.2 Å². The highest BCUT2D eigenvalue weighted by molar-refractivity contribution is 6.02. The van der Waals surface area contributed by atoms with Crippen molar-refractivity contribution in [3.8, 4) is 16.9 Å². The van der Waals surface area contributed by atoms with Crippen LogP contribution in [0, 0.1) is 0 Å². The Labute approximate surface area is 155 Å². The SMILES string of the molecule is N[C@H]1CCN(C2=NCCOc3ccc(-c4ccc(C(F)(F)F)cc4)cc32)C1. The van der Waals surface area contributed by atoms with E-state index in [2.05, 4.69) is 9.89 Å². The third-order valence-electron chi connectivity index (χ3n) is 4.90. The summed E-state index contributed by atoms with van der Waals surface area (Å²) in [7, 11) is 0. The molecule has 4 nitrogen and oxygen atoms in total. The van der Waals surface area contributed by atoms with Crippen molar-refractivity contribution in [2.24, 2.45) is 10.7 Å². The van der Waals surface area contributed by atoms with Gasteiger partial charge in [-0.25, -0.2) is 0 Å². The first-order valence-corrected chi connectivity index (χ1v) is 8.91. The van der Waals surface area contributed by atoms with E-state index in [4.69, 9.17) is 10.5 Å². The molecular weight excluding hydrogens is 355 g/mol. The number of halogens is 3. The van der Waals surface area contributed by atoms with Crippen molar-refractivity contribution < 1.29 is 17.9 Å². The molecule has 1 saturated heterocycles. The molecule has 0 unspecified atom stereocenters. The maximum Gasteiger partial charge on any atom is 0.416 e. The number of hydrogen-bond donors (Lipinski definition) is 1. The van der Waals surface area contributed by atoms with Crippen LogP contribution >= 0.6 is 0 Å². The average Bonchev–Trinajstić information content (AvgIpc) is 2.96. The molecule has 2 aromatic rings. The molecule has 7 heteroatoms. The number of fused-ring (bicyclic) bond motifs is 1. The second-order valence-corrected chi connectivity index (χ2v) is 6.83. The molecule has 0 bridgehead atoms. The largest absolute Gasteiger partial charge is 0.491 e. The Hall–Kier alpha value is -2.54. The summed E-state index contributed by atoms with van der Waals surface area (Å²) in [5, 5.41) is 0. The number of ether oxygens (including phenoxy) is 1. The summed E-state index contributed by atoms with van der Waals surface area (Å²) in [6, 6.07) is 11.0. The Kier molecular flexibility index (Phi) is 4.55. The fourth-order valence-corrected chi connectivity index (χ4v) is 3.50. The van der Waals surface area contributed by atoms with Crippen molar-refractivity contribution in [1.82, 2.24) is 4.90 Å². The van der Waals surface area contributed by atoms with Gasteiger partial charge in [0.2, 0.25) is 0 Å². The molecule has 0 aliphatic carbocycles. The van der Waals surface area contributed by atoms with Gasteiger partial charge in [0.25, 0.3) is 0 Å². The molecule has 0 saturated carbocycles. The molecular formula is C20H20F3N3O. The zero-order valence-electron chi connectivity index (χ0n) is 14.7. The van der Waals surface area contributed by atoms with Gasteiger partial charge in [0.15, 0.2) is 0 Å². The van der Waals surface area contributed by atoms with E-state index in [9.17, 15) is 13.2 Å². The standard InChI is InChI=1S/C20H20F3N3O/c21-20(22,23)15-4-1-13(2-5-15)14-3-6-18-17(11-14)19(25-8-10-27-18)26-9-7-16(24)12-26/h1-6,11,16H,7-10,12,24H2/t16-/m0/s1. The van der Waals surface area contributed by atoms with Crippen LogP contribution in [-0.2, 0) is 6.18 Å². The third-order valence-corrected chi connectivity index (χ3v) is 4.90. The minimum absolute atomic E-state index is 0.124. The van der Waals surface area contributed by atoms with E-state index >= 15 is 0 Å². The number of alkyl halides is 3. The van der Waals surface area contributed by atoms with Crippen molar-refractivity contribution >= 4 is 5.84 Å². The summed E-state index contributed by atoms with van der Waals surface area (Å²) in [5.41, 5.74) is 7.79. The summed E-state index contributed by atoms with van der Waals surface area (Å²) in [5.74, 6) is 1.59. The van der Waals surface area contributed by atoms with Crippen LogP contribution in [0.15, 0.2) is 47.5 Å². The Bertz CT molecular complexity index is 862. The summed E-state index contributed by atoms with van der Waals surface area (Å²) >= 11 is 0. The second-order valence-electron chi connectivity index (χ2n) is 6.83. The van der Waals surface area contributed by atoms with Gasteiger partial charge >= 0.3 is 6.18 Å². The van der Waals surface area contributed by atoms with Crippen LogP contribution in [0.1, 0.15) is 17.5 Å². The zero-order valence-corrected chi connectivity index (χ0v) is 14.7. The summed E-state index contributed by atoms with van der Waals surface area (Å²) < 4.78 is 44.2. The van der Waals surface area contributed by atoms with Gasteiger partial charge in [-0.05, 0) is 41.8 Å². The van der Waals surface area contributed by atoms with Gasteiger partial charge < -0.3 is 15.4 Å². The van der Waals surface area contributed by atoms with E-state index in [0.717, 1.165) is 54.4 Å². The average molecular weight is 375 g/mol. The van der Waals surface area contributed by atoms with Crippen molar-refractivity contribution in [3.05, 3.63) is 53.6 Å². The number of amidine groups is 1. The van der Waals surface area contributed by atoms with Crippen LogP contribution in [0.4, 0.5) is 13.2 Å². The molecule has 0 spiro atoms. The van der Waals surface area contributed by atoms with Crippen LogP contribution in [0.2, 0.25) is 0 Å². The monoisotopic (exact) mass is 375 g/mol. The predicted octanol–water partition coefficient (Wildman–Crippen LogP) is 3.54. The Morgan fingerprint density at radius 2 is 1.81 bits per heavy atom. The van der Waals surface area contributed by atoms with Gasteiger partial charge in [-0.3, -0.25) is 4.99 Å². The van der Waals surface area contributed by atoms with E-state index in [1.54, 1.807) is 0 Å². The van der Waals surface area contributed by atoms with Gasteiger partial charge in [-0.1, -0.05) is 18.2 Å². The van der Waals surface area contributed by atoms with Crippen molar-refractivity contribution in [2.75, 3.05) is 26.2 Å². The van der Waals surface area contributed by atoms with E-state index in [1.165, 1.54) is 12.1 Å². The fraction of sp³-hybridized carbons (Fsp3) is 0.350. The number of nitrogens with zero attached hydrogens (tertiary/aromatic N) is 2. The lowest BCUT2D eigenvalue weighted by Gasteiger charge is -2.21. The summed E-state index contributed by atoms with van der Waals surface area (Å²) in [6.07, 6.45) is -3.43. The fourth-order valence-electron chi connectivity index (χ4n) is 3.50. The van der Waals surface area contributed by atoms with E-state index in [0.29, 0.717) is 18.7 Å². The highest BCUT2D eigenvalue weighted by atomic mass is 19.4. The molecule has 142 valence electrons. The molecule has 1 fully saturated rings. The summed E-state index contributed by atoms with van der Waals surface area (Å²) in [6.45, 7) is 2.63. The van der Waals surface area contributed by atoms with Crippen LogP contribution < -0.4 is 10.5 Å². The first kappa shape index (κ1) is 17.9. The Morgan fingerprint density at radius 3 is 2.48 bits per heavy atom. The molecule has 2 aromatic carbocycles. The smallest absolute Gasteiger partial charge is 0.416 e. The molecule has 0 amide bonds. The molecule has 2 N–H and O–H groups in total. The van der Waals surface area contributed by atoms with Gasteiger partial charge in [0, 0.05) is 19.1 Å². The minimum Gasteiger partial charge on any atom is -0.491 e. The number of hydrogen-bond acceptors (Lipinski definition) is 4. The maximum absolute atomic E-state index is 12.8. The zero-order chi connectivity index (χ0) is 19.0. The number of rotatable bonds is 1. The normalized spacial score (nSPS) is 19.9. The topological polar surface area (TPSA) is 50.8 Å². The number of likely N-dealkylation sites (tertiary alicyclic amines) is 1. The van der Waals surface area contributed by atoms with E-state index in [-0.39, 0.29) is 6.04 Å². The molecule has 2 aliphatic rings. The first-order valence-electron chi connectivity index (χ1n) is 8.91. The van der Waals surface area contributed by atoms with Crippen LogP contribution in [0.3, 0.4) is 0 Å². The Morgan fingerprint density at radius 1 is 1.07 bits per heavy atom. The van der Waals surface area contributed by atoms with Crippen LogP contribution in [0.25, 0.3) is 11.1 Å². The molecule has 2 heterocycles. The highest BCUT2D eigenvalue weighted by Gasteiger charge is 2.30. The third kappa shape index (κ3) is 3.64. The first-order chi connectivity index (χ1) is 12.9. The lowest BCUT2D eigenvalue weighted by molar-refractivity contribution is -0.137. The van der Waals surface area contributed by atoms with Gasteiger partial charge in [-0.15, -0.1) is 0 Å². The number of nitrogens with two attached hydrogens (primary N) is 1.